The van der Waals surface area contributed by atoms with Crippen LogP contribution < -0.4 is 0 Å². The van der Waals surface area contributed by atoms with Gasteiger partial charge in [-0.15, -0.1) is 6.58 Å². The molecule has 0 aromatic heterocycles. The van der Waals surface area contributed by atoms with Crippen molar-refractivity contribution in [2.45, 2.75) is 26.2 Å². The van der Waals surface area contributed by atoms with Crippen LogP contribution in [0.25, 0.3) is 0 Å². The van der Waals surface area contributed by atoms with Crippen LogP contribution in [0.15, 0.2) is 12.7 Å². The van der Waals surface area contributed by atoms with Gasteiger partial charge >= 0.3 is 0 Å². The van der Waals surface area contributed by atoms with E-state index in [1.165, 1.54) is 0 Å². The first kappa shape index (κ1) is 10.6. The Balaban J connectivity index is 3.21. The molecule has 2 atom stereocenters. The van der Waals surface area contributed by atoms with Gasteiger partial charge in [-0.05, 0) is 13.8 Å². The minimum atomic E-state index is -0.725. The molecule has 3 heteroatoms. The molecule has 0 aromatic carbocycles. The third kappa shape index (κ3) is 7.52. The molecule has 0 rings (SSSR count). The van der Waals surface area contributed by atoms with Gasteiger partial charge in [-0.2, -0.15) is 0 Å². The Morgan fingerprint density at radius 2 is 2.18 bits per heavy atom. The fourth-order valence-electron chi connectivity index (χ4n) is 0.693. The monoisotopic (exact) mass is 160 g/mol. The molecule has 0 aliphatic rings. The van der Waals surface area contributed by atoms with E-state index in [1.807, 2.05) is 6.92 Å². The minimum Gasteiger partial charge on any atom is -0.375 e. The van der Waals surface area contributed by atoms with E-state index in [0.717, 1.165) is 0 Å². The van der Waals surface area contributed by atoms with Gasteiger partial charge < -0.3 is 14.6 Å². The van der Waals surface area contributed by atoms with Gasteiger partial charge in [-0.3, -0.25) is 0 Å². The second-order valence-corrected chi connectivity index (χ2v) is 2.37. The molecule has 0 saturated heterocycles. The predicted molar refractivity (Wildman–Crippen MR) is 43.2 cm³/mol. The molecule has 66 valence electrons. The number of aliphatic hydroxyl groups is 1. The normalized spacial score (nSPS) is 15.9. The van der Waals surface area contributed by atoms with Crippen molar-refractivity contribution in [3.05, 3.63) is 12.7 Å². The Bertz CT molecular complexity index is 102. The van der Waals surface area contributed by atoms with Gasteiger partial charge in [0.2, 0.25) is 0 Å². The first-order valence-electron chi connectivity index (χ1n) is 3.69. The van der Waals surface area contributed by atoms with Crippen LogP contribution in [0.1, 0.15) is 13.8 Å². The molecule has 0 heterocycles. The van der Waals surface area contributed by atoms with E-state index < -0.39 is 6.29 Å². The molecular weight excluding hydrogens is 144 g/mol. The Morgan fingerprint density at radius 3 is 2.64 bits per heavy atom. The molecule has 0 aromatic rings. The zero-order valence-electron chi connectivity index (χ0n) is 7.12. The van der Waals surface area contributed by atoms with E-state index in [1.54, 1.807) is 13.0 Å². The third-order valence-corrected chi connectivity index (χ3v) is 1.02. The molecule has 11 heavy (non-hydrogen) atoms. The van der Waals surface area contributed by atoms with E-state index in [2.05, 4.69) is 6.58 Å². The van der Waals surface area contributed by atoms with Crippen molar-refractivity contribution < 1.29 is 14.6 Å². The van der Waals surface area contributed by atoms with Gasteiger partial charge in [0, 0.05) is 0 Å². The Morgan fingerprint density at radius 1 is 1.55 bits per heavy atom. The molecule has 3 nitrogen and oxygen atoms in total. The number of hydrogen-bond donors (Lipinski definition) is 1. The first-order valence-corrected chi connectivity index (χ1v) is 3.69. The number of aliphatic hydroxyl groups excluding tert-OH is 1. The zero-order chi connectivity index (χ0) is 8.69. The molecule has 0 radical (unpaired) electrons. The summed E-state index contributed by atoms with van der Waals surface area (Å²) in [6, 6.07) is 0. The number of ether oxygens (including phenoxy) is 2. The van der Waals surface area contributed by atoms with Gasteiger partial charge in [-0.25, -0.2) is 0 Å². The lowest BCUT2D eigenvalue weighted by atomic mass is 10.4. The molecule has 0 fully saturated rings. The van der Waals surface area contributed by atoms with Crippen LogP contribution in [0, 0.1) is 0 Å². The van der Waals surface area contributed by atoms with Gasteiger partial charge in [0.25, 0.3) is 0 Å². The van der Waals surface area contributed by atoms with Crippen molar-refractivity contribution in [3.8, 4) is 0 Å². The van der Waals surface area contributed by atoms with Crippen LogP contribution in [-0.4, -0.2) is 30.7 Å². The van der Waals surface area contributed by atoms with Crippen molar-refractivity contribution in [1.82, 2.24) is 0 Å². The van der Waals surface area contributed by atoms with Crippen LogP contribution in [0.4, 0.5) is 0 Å². The minimum absolute atomic E-state index is 0.0741. The highest BCUT2D eigenvalue weighted by atomic mass is 16.6. The van der Waals surface area contributed by atoms with Gasteiger partial charge in [-0.1, -0.05) is 6.08 Å². The first-order chi connectivity index (χ1) is 5.16. The van der Waals surface area contributed by atoms with E-state index >= 15 is 0 Å². The summed E-state index contributed by atoms with van der Waals surface area (Å²) >= 11 is 0. The smallest absolute Gasteiger partial charge is 0.152 e. The van der Waals surface area contributed by atoms with E-state index in [-0.39, 0.29) is 6.10 Å². The molecule has 2 unspecified atom stereocenters. The van der Waals surface area contributed by atoms with Gasteiger partial charge in [0.05, 0.1) is 19.3 Å². The highest BCUT2D eigenvalue weighted by Gasteiger charge is 2.04. The Labute approximate surface area is 67.6 Å². The summed E-state index contributed by atoms with van der Waals surface area (Å²) in [7, 11) is 0. The summed E-state index contributed by atoms with van der Waals surface area (Å²) in [4.78, 5) is 0. The van der Waals surface area contributed by atoms with Crippen molar-refractivity contribution in [2.24, 2.45) is 0 Å². The van der Waals surface area contributed by atoms with Crippen LogP contribution in [0.5, 0.6) is 0 Å². The van der Waals surface area contributed by atoms with Crippen molar-refractivity contribution in [3.63, 3.8) is 0 Å². The fourth-order valence-corrected chi connectivity index (χ4v) is 0.693. The van der Waals surface area contributed by atoms with Crippen LogP contribution in [0.3, 0.4) is 0 Å². The van der Waals surface area contributed by atoms with Crippen LogP contribution >= 0.6 is 0 Å². The van der Waals surface area contributed by atoms with Crippen LogP contribution in [0.2, 0.25) is 0 Å². The average Bonchev–Trinajstić information content (AvgIpc) is 1.86. The van der Waals surface area contributed by atoms with Gasteiger partial charge in [0.15, 0.2) is 6.29 Å². The molecule has 0 amide bonds. The molecule has 0 saturated carbocycles. The second kappa shape index (κ2) is 6.34. The van der Waals surface area contributed by atoms with Crippen molar-refractivity contribution >= 4 is 0 Å². The predicted octanol–water partition coefficient (Wildman–Crippen LogP) is 0.932. The maximum Gasteiger partial charge on any atom is 0.152 e. The summed E-state index contributed by atoms with van der Waals surface area (Å²) in [6.45, 7) is 7.92. The largest absolute Gasteiger partial charge is 0.375 e. The standard InChI is InChI=1S/C8H16O3/c1-4-5-10-6-7(2)11-8(3)9/h4,7-9H,1,5-6H2,2-3H3. The fraction of sp³-hybridized carbons (Fsp3) is 0.750. The average molecular weight is 160 g/mol. The second-order valence-electron chi connectivity index (χ2n) is 2.37. The molecule has 0 aliphatic carbocycles. The third-order valence-electron chi connectivity index (χ3n) is 1.02. The molecule has 0 spiro atoms. The van der Waals surface area contributed by atoms with E-state index in [4.69, 9.17) is 14.6 Å². The highest BCUT2D eigenvalue weighted by molar-refractivity contribution is 4.64. The quantitative estimate of drug-likeness (QED) is 0.357. The Hall–Kier alpha value is -0.380. The van der Waals surface area contributed by atoms with Gasteiger partial charge in [0.1, 0.15) is 0 Å². The maximum atomic E-state index is 8.78. The summed E-state index contributed by atoms with van der Waals surface area (Å²) in [6.07, 6.45) is 0.877. The topological polar surface area (TPSA) is 38.7 Å². The molecule has 0 aliphatic heterocycles. The van der Waals surface area contributed by atoms with Crippen molar-refractivity contribution in [2.75, 3.05) is 13.2 Å². The van der Waals surface area contributed by atoms with Crippen LogP contribution in [-0.2, 0) is 9.47 Å². The SMILES string of the molecule is C=CCOCC(C)OC(C)O. The Kier molecular flexibility index (Phi) is 6.12. The summed E-state index contributed by atoms with van der Waals surface area (Å²) in [5.41, 5.74) is 0. The summed E-state index contributed by atoms with van der Waals surface area (Å²) < 4.78 is 10.1. The van der Waals surface area contributed by atoms with E-state index in [9.17, 15) is 0 Å². The molecule has 1 N–H and O–H groups in total. The van der Waals surface area contributed by atoms with E-state index in [0.29, 0.717) is 13.2 Å². The highest BCUT2D eigenvalue weighted by Crippen LogP contribution is 1.95. The molecular formula is C8H16O3. The maximum absolute atomic E-state index is 8.78. The van der Waals surface area contributed by atoms with Crippen molar-refractivity contribution in [1.29, 1.82) is 0 Å². The zero-order valence-corrected chi connectivity index (χ0v) is 7.12. The lowest BCUT2D eigenvalue weighted by Gasteiger charge is -2.14. The summed E-state index contributed by atoms with van der Waals surface area (Å²) in [5, 5.41) is 8.78. The number of hydrogen-bond acceptors (Lipinski definition) is 3. The lowest BCUT2D eigenvalue weighted by molar-refractivity contribution is -0.134. The molecule has 0 bridgehead atoms. The summed E-state index contributed by atoms with van der Waals surface area (Å²) in [5.74, 6) is 0. The number of rotatable bonds is 6. The lowest BCUT2D eigenvalue weighted by Crippen LogP contribution is -2.21.